The van der Waals surface area contributed by atoms with Gasteiger partial charge in [-0.25, -0.2) is 13.6 Å². The van der Waals surface area contributed by atoms with E-state index in [2.05, 4.69) is 29.3 Å². The second-order valence-corrected chi connectivity index (χ2v) is 9.32. The highest BCUT2D eigenvalue weighted by molar-refractivity contribution is 7.89. The number of carbonyl (C=O) groups excluding carboxylic acids is 1. The van der Waals surface area contributed by atoms with Crippen molar-refractivity contribution < 1.29 is 13.2 Å². The van der Waals surface area contributed by atoms with Crippen molar-refractivity contribution in [2.24, 2.45) is 11.1 Å². The van der Waals surface area contributed by atoms with Crippen LogP contribution in [-0.4, -0.2) is 38.4 Å². The van der Waals surface area contributed by atoms with Crippen LogP contribution >= 0.6 is 0 Å². The van der Waals surface area contributed by atoms with Gasteiger partial charge in [0.15, 0.2) is 0 Å². The number of hydrogen-bond acceptors (Lipinski definition) is 4. The summed E-state index contributed by atoms with van der Waals surface area (Å²) >= 11 is 0. The van der Waals surface area contributed by atoms with Crippen LogP contribution in [0.25, 0.3) is 0 Å². The van der Waals surface area contributed by atoms with E-state index in [-0.39, 0.29) is 10.8 Å². The lowest BCUT2D eigenvalue weighted by molar-refractivity contribution is -0.123. The molecule has 1 aliphatic carbocycles. The first-order valence-electron chi connectivity index (χ1n) is 9.99. The summed E-state index contributed by atoms with van der Waals surface area (Å²) in [5.41, 5.74) is 2.16. The van der Waals surface area contributed by atoms with Crippen molar-refractivity contribution >= 4 is 15.9 Å². The maximum atomic E-state index is 12.5. The third kappa shape index (κ3) is 6.66. The molecule has 1 saturated carbocycles. The Morgan fingerprint density at radius 2 is 1.76 bits per heavy atom. The zero-order chi connectivity index (χ0) is 20.9. The van der Waals surface area contributed by atoms with Gasteiger partial charge in [-0.1, -0.05) is 42.5 Å². The molecule has 0 aliphatic heterocycles. The molecule has 0 bridgehead atoms. The lowest BCUT2D eigenvalue weighted by Gasteiger charge is -2.28. The van der Waals surface area contributed by atoms with Crippen LogP contribution in [-0.2, 0) is 27.8 Å². The molecule has 0 spiro atoms. The molecule has 0 aromatic heterocycles. The largest absolute Gasteiger partial charge is 0.355 e. The van der Waals surface area contributed by atoms with Crippen LogP contribution in [0.2, 0.25) is 0 Å². The van der Waals surface area contributed by atoms with E-state index in [1.165, 1.54) is 30.5 Å². The van der Waals surface area contributed by atoms with E-state index in [9.17, 15) is 13.2 Å². The average Bonchev–Trinajstić information content (AvgIpc) is 3.53. The summed E-state index contributed by atoms with van der Waals surface area (Å²) < 4.78 is 22.6. The number of hydrogen-bond donors (Lipinski definition) is 2. The zero-order valence-corrected chi connectivity index (χ0v) is 17.6. The Balaban J connectivity index is 1.50. The molecule has 1 amide bonds. The van der Waals surface area contributed by atoms with Crippen LogP contribution in [0.5, 0.6) is 0 Å². The summed E-state index contributed by atoms with van der Waals surface area (Å²) in [6, 6.07) is 17.0. The lowest BCUT2D eigenvalue weighted by Crippen LogP contribution is -2.42. The van der Waals surface area contributed by atoms with Gasteiger partial charge in [0.25, 0.3) is 0 Å². The van der Waals surface area contributed by atoms with Crippen LogP contribution < -0.4 is 10.5 Å². The molecular formula is C22H29N3O3S. The van der Waals surface area contributed by atoms with Crippen LogP contribution in [0.4, 0.5) is 0 Å². The van der Waals surface area contributed by atoms with Crippen molar-refractivity contribution in [3.05, 3.63) is 65.7 Å². The second-order valence-electron chi connectivity index (χ2n) is 7.76. The minimum atomic E-state index is -3.68. The predicted molar refractivity (Wildman–Crippen MR) is 114 cm³/mol. The average molecular weight is 416 g/mol. The molecule has 6 nitrogen and oxygen atoms in total. The maximum absolute atomic E-state index is 12.5. The Morgan fingerprint density at radius 3 is 2.34 bits per heavy atom. The molecule has 2 aromatic carbocycles. The highest BCUT2D eigenvalue weighted by atomic mass is 32.2. The Kier molecular flexibility index (Phi) is 7.05. The monoisotopic (exact) mass is 415 g/mol. The van der Waals surface area contributed by atoms with Gasteiger partial charge < -0.3 is 5.32 Å². The number of sulfonamides is 1. The molecule has 1 atom stereocenters. The summed E-state index contributed by atoms with van der Waals surface area (Å²) in [6.07, 6.45) is 3.11. The van der Waals surface area contributed by atoms with Gasteiger partial charge in [-0.3, -0.25) is 9.69 Å². The van der Waals surface area contributed by atoms with Crippen molar-refractivity contribution in [2.45, 2.75) is 43.7 Å². The molecule has 3 N–H and O–H groups in total. The van der Waals surface area contributed by atoms with E-state index < -0.39 is 10.0 Å². The van der Waals surface area contributed by atoms with E-state index in [1.54, 1.807) is 12.1 Å². The van der Waals surface area contributed by atoms with E-state index >= 15 is 0 Å². The van der Waals surface area contributed by atoms with Crippen LogP contribution in [0.3, 0.4) is 0 Å². The van der Waals surface area contributed by atoms with Crippen molar-refractivity contribution in [3.63, 3.8) is 0 Å². The molecular weight excluding hydrogens is 386 g/mol. The van der Waals surface area contributed by atoms with Crippen LogP contribution in [0, 0.1) is 5.92 Å². The minimum absolute atomic E-state index is 0.00888. The number of nitrogens with zero attached hydrogens (tertiary/aromatic N) is 1. The van der Waals surface area contributed by atoms with Crippen LogP contribution in [0.1, 0.15) is 30.9 Å². The van der Waals surface area contributed by atoms with Gasteiger partial charge in [-0.15, -0.1) is 0 Å². The molecule has 1 aliphatic rings. The summed E-state index contributed by atoms with van der Waals surface area (Å²) in [7, 11) is -3.68. The minimum Gasteiger partial charge on any atom is -0.355 e. The van der Waals surface area contributed by atoms with E-state index in [1.807, 2.05) is 18.2 Å². The molecule has 1 fully saturated rings. The fourth-order valence-corrected chi connectivity index (χ4v) is 3.99. The first-order chi connectivity index (χ1) is 13.8. The van der Waals surface area contributed by atoms with Gasteiger partial charge in [-0.2, -0.15) is 0 Å². The first kappa shape index (κ1) is 21.5. The van der Waals surface area contributed by atoms with Crippen molar-refractivity contribution in [1.29, 1.82) is 0 Å². The molecule has 0 saturated heterocycles. The third-order valence-electron chi connectivity index (χ3n) is 5.44. The summed E-state index contributed by atoms with van der Waals surface area (Å²) in [5.74, 6) is 0.693. The highest BCUT2D eigenvalue weighted by Gasteiger charge is 2.32. The van der Waals surface area contributed by atoms with E-state index in [4.69, 9.17) is 5.14 Å². The molecule has 2 aromatic rings. The topological polar surface area (TPSA) is 92.5 Å². The quantitative estimate of drug-likeness (QED) is 0.623. The van der Waals surface area contributed by atoms with Gasteiger partial charge in [0.05, 0.1) is 11.4 Å². The fraction of sp³-hybridized carbons (Fsp3) is 0.409. The van der Waals surface area contributed by atoms with E-state index in [0.717, 1.165) is 12.1 Å². The summed E-state index contributed by atoms with van der Waals surface area (Å²) in [6.45, 7) is 3.85. The number of rotatable bonds is 10. The number of nitrogens with two attached hydrogens (primary N) is 1. The Bertz CT molecular complexity index is 910. The molecule has 29 heavy (non-hydrogen) atoms. The summed E-state index contributed by atoms with van der Waals surface area (Å²) in [5, 5.41) is 8.09. The van der Waals surface area contributed by atoms with Crippen molar-refractivity contribution in [3.8, 4) is 0 Å². The maximum Gasteiger partial charge on any atom is 0.238 e. The summed E-state index contributed by atoms with van der Waals surface area (Å²) in [4.78, 5) is 14.9. The number of amides is 1. The molecule has 3 rings (SSSR count). The molecule has 0 heterocycles. The molecule has 0 radical (unpaired) electrons. The lowest BCUT2D eigenvalue weighted by atomic mass is 10.1. The van der Waals surface area contributed by atoms with Crippen molar-refractivity contribution in [1.82, 2.24) is 10.2 Å². The Morgan fingerprint density at radius 1 is 1.10 bits per heavy atom. The molecule has 1 unspecified atom stereocenters. The number of nitrogens with one attached hydrogen (secondary N) is 1. The second kappa shape index (κ2) is 9.52. The van der Waals surface area contributed by atoms with Gasteiger partial charge in [0, 0.05) is 19.1 Å². The SMILES string of the molecule is CC(C1CC1)N(CC(=O)NCCc1ccc(S(N)(=O)=O)cc1)Cc1ccccc1. The van der Waals surface area contributed by atoms with Crippen molar-refractivity contribution in [2.75, 3.05) is 13.1 Å². The predicted octanol–water partition coefficient (Wildman–Crippen LogP) is 2.29. The van der Waals surface area contributed by atoms with Gasteiger partial charge in [0.1, 0.15) is 0 Å². The number of primary sulfonamides is 1. The van der Waals surface area contributed by atoms with Gasteiger partial charge >= 0.3 is 0 Å². The number of carbonyl (C=O) groups is 1. The first-order valence-corrected chi connectivity index (χ1v) is 11.5. The smallest absolute Gasteiger partial charge is 0.238 e. The van der Waals surface area contributed by atoms with Crippen LogP contribution in [0.15, 0.2) is 59.5 Å². The van der Waals surface area contributed by atoms with Gasteiger partial charge in [-0.05, 0) is 55.4 Å². The Hall–Kier alpha value is -2.22. The van der Waals surface area contributed by atoms with E-state index in [0.29, 0.717) is 31.5 Å². The number of benzene rings is 2. The van der Waals surface area contributed by atoms with Gasteiger partial charge in [0.2, 0.25) is 15.9 Å². The normalized spacial score (nSPS) is 15.3. The highest BCUT2D eigenvalue weighted by Crippen LogP contribution is 2.35. The zero-order valence-electron chi connectivity index (χ0n) is 16.8. The Labute approximate surface area is 173 Å². The standard InChI is InChI=1S/C22H29N3O3S/c1-17(20-9-10-20)25(15-19-5-3-2-4-6-19)16-22(26)24-14-13-18-7-11-21(12-8-18)29(23,27)28/h2-8,11-12,17,20H,9-10,13-16H2,1H3,(H,24,26)(H2,23,27,28). The molecule has 156 valence electrons. The molecule has 7 heteroatoms. The fourth-order valence-electron chi connectivity index (χ4n) is 3.47. The third-order valence-corrected chi connectivity index (χ3v) is 6.37.